The normalized spacial score (nSPS) is 17.7. The van der Waals surface area contributed by atoms with Crippen molar-refractivity contribution >= 4 is 21.6 Å². The number of hydrogen-bond acceptors (Lipinski definition) is 3. The summed E-state index contributed by atoms with van der Waals surface area (Å²) in [6, 6.07) is 8.30. The third-order valence-corrected chi connectivity index (χ3v) is 4.60. The Morgan fingerprint density at radius 1 is 1.37 bits per heavy atom. The minimum absolute atomic E-state index is 0.265. The van der Waals surface area contributed by atoms with Gasteiger partial charge in [-0.25, -0.2) is 0 Å². The summed E-state index contributed by atoms with van der Waals surface area (Å²) in [5.74, 6) is 0.629. The van der Waals surface area contributed by atoms with Crippen LogP contribution in [0.3, 0.4) is 0 Å². The lowest BCUT2D eigenvalue weighted by molar-refractivity contribution is 0.320. The Balaban J connectivity index is 2.14. The third-order valence-electron chi connectivity index (χ3n) is 3.94. The number of anilines is 1. The highest BCUT2D eigenvalue weighted by atomic mass is 79.9. The van der Waals surface area contributed by atoms with Crippen LogP contribution in [-0.4, -0.2) is 12.6 Å². The predicted octanol–water partition coefficient (Wildman–Crippen LogP) is 3.64. The molecular weight excluding hydrogens is 302 g/mol. The number of benzene rings is 1. The lowest BCUT2D eigenvalue weighted by Gasteiger charge is -2.31. The van der Waals surface area contributed by atoms with Crippen LogP contribution in [0.1, 0.15) is 37.7 Å². The van der Waals surface area contributed by atoms with Gasteiger partial charge in [-0.2, -0.15) is 5.26 Å². The largest absolute Gasteiger partial charge is 0.380 e. The molecule has 0 aromatic heterocycles. The Hall–Kier alpha value is -1.05. The smallest absolute Gasteiger partial charge is 0.103 e. The number of rotatable bonds is 4. The Labute approximate surface area is 123 Å². The van der Waals surface area contributed by atoms with Gasteiger partial charge in [-0.1, -0.05) is 25.3 Å². The molecule has 2 rings (SSSR count). The van der Waals surface area contributed by atoms with E-state index in [9.17, 15) is 5.26 Å². The van der Waals surface area contributed by atoms with Crippen molar-refractivity contribution in [3.8, 4) is 6.07 Å². The van der Waals surface area contributed by atoms with Gasteiger partial charge in [-0.15, -0.1) is 0 Å². The molecule has 0 bridgehead atoms. The summed E-state index contributed by atoms with van der Waals surface area (Å²) in [6.07, 6.45) is 6.42. The average Bonchev–Trinajstić information content (AvgIpc) is 2.46. The molecule has 4 heteroatoms. The highest BCUT2D eigenvalue weighted by Gasteiger charge is 2.23. The van der Waals surface area contributed by atoms with Crippen LogP contribution in [0.2, 0.25) is 0 Å². The van der Waals surface area contributed by atoms with Crippen molar-refractivity contribution in [2.75, 3.05) is 11.9 Å². The summed E-state index contributed by atoms with van der Waals surface area (Å²) in [5, 5.41) is 12.7. The van der Waals surface area contributed by atoms with Gasteiger partial charge < -0.3 is 11.1 Å². The number of nitriles is 1. The maximum Gasteiger partial charge on any atom is 0.103 e. The summed E-state index contributed by atoms with van der Waals surface area (Å²) in [5.41, 5.74) is 7.47. The molecular formula is C15H20BrN3. The van der Waals surface area contributed by atoms with Crippen LogP contribution in [0.4, 0.5) is 5.69 Å². The van der Waals surface area contributed by atoms with Crippen molar-refractivity contribution in [3.05, 3.63) is 28.2 Å². The summed E-state index contributed by atoms with van der Waals surface area (Å²) < 4.78 is 0.833. The highest BCUT2D eigenvalue weighted by molar-refractivity contribution is 9.10. The van der Waals surface area contributed by atoms with Crippen molar-refractivity contribution < 1.29 is 0 Å². The second-order valence-corrected chi connectivity index (χ2v) is 6.01. The van der Waals surface area contributed by atoms with Gasteiger partial charge in [0.05, 0.1) is 11.3 Å². The van der Waals surface area contributed by atoms with Crippen LogP contribution in [-0.2, 0) is 0 Å². The molecule has 19 heavy (non-hydrogen) atoms. The first-order chi connectivity index (χ1) is 9.26. The molecule has 0 spiro atoms. The predicted molar refractivity (Wildman–Crippen MR) is 81.9 cm³/mol. The molecule has 0 radical (unpaired) electrons. The Bertz CT molecular complexity index is 461. The molecule has 1 aromatic rings. The van der Waals surface area contributed by atoms with Gasteiger partial charge in [0.1, 0.15) is 6.07 Å². The van der Waals surface area contributed by atoms with E-state index < -0.39 is 0 Å². The number of nitrogens with zero attached hydrogens (tertiary/aromatic N) is 1. The summed E-state index contributed by atoms with van der Waals surface area (Å²) in [6.45, 7) is 0.613. The fourth-order valence-corrected chi connectivity index (χ4v) is 3.32. The van der Waals surface area contributed by atoms with Crippen molar-refractivity contribution in [1.82, 2.24) is 0 Å². The standard InChI is InChI=1S/C15H20BrN3/c16-13-7-4-8-14(12(13)9-17)19-15(10-18)11-5-2-1-3-6-11/h4,7-8,11,15,19H,1-3,5-6,10,18H2. The fraction of sp³-hybridized carbons (Fsp3) is 0.533. The van der Waals surface area contributed by atoms with E-state index in [-0.39, 0.29) is 6.04 Å². The van der Waals surface area contributed by atoms with Gasteiger partial charge in [0, 0.05) is 17.1 Å². The van der Waals surface area contributed by atoms with E-state index in [4.69, 9.17) is 5.73 Å². The van der Waals surface area contributed by atoms with Gasteiger partial charge in [0.15, 0.2) is 0 Å². The van der Waals surface area contributed by atoms with Crippen LogP contribution < -0.4 is 11.1 Å². The summed E-state index contributed by atoms with van der Waals surface area (Å²) in [4.78, 5) is 0. The van der Waals surface area contributed by atoms with Gasteiger partial charge >= 0.3 is 0 Å². The molecule has 1 aromatic carbocycles. The molecule has 1 unspecified atom stereocenters. The Morgan fingerprint density at radius 3 is 2.74 bits per heavy atom. The molecule has 1 fully saturated rings. The second kappa shape index (κ2) is 6.93. The Kier molecular flexibility index (Phi) is 5.24. The van der Waals surface area contributed by atoms with Gasteiger partial charge in [-0.3, -0.25) is 0 Å². The first-order valence-electron chi connectivity index (χ1n) is 6.91. The molecule has 0 aliphatic heterocycles. The average molecular weight is 322 g/mol. The SMILES string of the molecule is N#Cc1c(Br)cccc1NC(CN)C1CCCCC1. The molecule has 1 saturated carbocycles. The molecule has 1 atom stereocenters. The number of hydrogen-bond donors (Lipinski definition) is 2. The van der Waals surface area contributed by atoms with Crippen molar-refractivity contribution in [2.45, 2.75) is 38.1 Å². The molecule has 3 N–H and O–H groups in total. The van der Waals surface area contributed by atoms with E-state index in [0.29, 0.717) is 18.0 Å². The molecule has 0 amide bonds. The third kappa shape index (κ3) is 3.49. The second-order valence-electron chi connectivity index (χ2n) is 5.16. The van der Waals surface area contributed by atoms with Crippen molar-refractivity contribution in [2.24, 2.45) is 11.7 Å². The molecule has 102 valence electrons. The number of halogens is 1. The van der Waals surface area contributed by atoms with Crippen LogP contribution in [0.15, 0.2) is 22.7 Å². The van der Waals surface area contributed by atoms with Crippen LogP contribution in [0, 0.1) is 17.2 Å². The van der Waals surface area contributed by atoms with E-state index in [2.05, 4.69) is 27.3 Å². The van der Waals surface area contributed by atoms with E-state index in [1.807, 2.05) is 18.2 Å². The maximum atomic E-state index is 9.24. The van der Waals surface area contributed by atoms with Crippen molar-refractivity contribution in [1.29, 1.82) is 5.26 Å². The zero-order valence-electron chi connectivity index (χ0n) is 11.0. The van der Waals surface area contributed by atoms with E-state index in [0.717, 1.165) is 10.2 Å². The van der Waals surface area contributed by atoms with Crippen LogP contribution >= 0.6 is 15.9 Å². The van der Waals surface area contributed by atoms with E-state index in [1.54, 1.807) is 0 Å². The molecule has 3 nitrogen and oxygen atoms in total. The number of nitrogens with two attached hydrogens (primary N) is 1. The summed E-state index contributed by atoms with van der Waals surface area (Å²) in [7, 11) is 0. The fourth-order valence-electron chi connectivity index (χ4n) is 2.86. The monoisotopic (exact) mass is 321 g/mol. The first kappa shape index (κ1) is 14.4. The Morgan fingerprint density at radius 2 is 2.11 bits per heavy atom. The zero-order chi connectivity index (χ0) is 13.7. The molecule has 1 aliphatic rings. The minimum atomic E-state index is 0.265. The van der Waals surface area contributed by atoms with E-state index in [1.165, 1.54) is 32.1 Å². The molecule has 1 aliphatic carbocycles. The molecule has 0 heterocycles. The van der Waals surface area contributed by atoms with Crippen LogP contribution in [0.25, 0.3) is 0 Å². The van der Waals surface area contributed by atoms with E-state index >= 15 is 0 Å². The lowest BCUT2D eigenvalue weighted by atomic mass is 9.83. The van der Waals surface area contributed by atoms with Gasteiger partial charge in [0.2, 0.25) is 0 Å². The van der Waals surface area contributed by atoms with Crippen molar-refractivity contribution in [3.63, 3.8) is 0 Å². The lowest BCUT2D eigenvalue weighted by Crippen LogP contribution is -2.37. The highest BCUT2D eigenvalue weighted by Crippen LogP contribution is 2.30. The summed E-state index contributed by atoms with van der Waals surface area (Å²) >= 11 is 3.42. The van der Waals surface area contributed by atoms with Crippen LogP contribution in [0.5, 0.6) is 0 Å². The topological polar surface area (TPSA) is 61.8 Å². The zero-order valence-corrected chi connectivity index (χ0v) is 12.6. The molecule has 0 saturated heterocycles. The maximum absolute atomic E-state index is 9.24. The minimum Gasteiger partial charge on any atom is -0.380 e. The number of nitrogens with one attached hydrogen (secondary N) is 1. The first-order valence-corrected chi connectivity index (χ1v) is 7.70. The quantitative estimate of drug-likeness (QED) is 0.889. The van der Waals surface area contributed by atoms with Gasteiger partial charge in [-0.05, 0) is 46.8 Å². The van der Waals surface area contributed by atoms with Gasteiger partial charge in [0.25, 0.3) is 0 Å².